The zero-order chi connectivity index (χ0) is 40.9. The zero-order valence-electron chi connectivity index (χ0n) is 32.8. The molecule has 0 saturated carbocycles. The normalized spacial score (nSPS) is 24.9. The third kappa shape index (κ3) is 8.04. The fourth-order valence-corrected chi connectivity index (χ4v) is 9.90. The lowest BCUT2D eigenvalue weighted by molar-refractivity contribution is -0.162. The smallest absolute Gasteiger partial charge is 0.313 e. The number of esters is 1. The number of aliphatic hydroxyl groups is 1. The Morgan fingerprint density at radius 3 is 2.18 bits per heavy atom. The van der Waals surface area contributed by atoms with Crippen LogP contribution in [0.5, 0.6) is 0 Å². The SMILES string of the molecule is C=CCCC(=O)N[C@@H](C)[C@H](OC(=O)[C@@H]1[C@H]2O[C@@]3(CC2Br)[C@H](C(=O)N(CC=C)c2ccc(N(CC)CC)cc2)N([C@H](CO)c2ccccc2)C(=O)[C@@H]13)c1ccccc1. The molecule has 3 fully saturated rings. The Morgan fingerprint density at radius 2 is 1.60 bits per heavy atom. The van der Waals surface area contributed by atoms with Gasteiger partial charge in [-0.3, -0.25) is 19.2 Å². The average molecular weight is 842 g/mol. The van der Waals surface area contributed by atoms with Crippen LogP contribution >= 0.6 is 15.9 Å². The van der Waals surface area contributed by atoms with Crippen molar-refractivity contribution in [3.63, 3.8) is 0 Å². The molecule has 3 aromatic carbocycles. The molecule has 0 aliphatic carbocycles. The van der Waals surface area contributed by atoms with E-state index >= 15 is 9.59 Å². The number of carbonyl (C=O) groups is 4. The first kappa shape index (κ1) is 41.8. The number of nitrogens with zero attached hydrogens (tertiary/aromatic N) is 3. The number of rotatable bonds is 18. The highest BCUT2D eigenvalue weighted by atomic mass is 79.9. The van der Waals surface area contributed by atoms with Crippen LogP contribution in [0.3, 0.4) is 0 Å². The van der Waals surface area contributed by atoms with Gasteiger partial charge in [-0.1, -0.05) is 88.7 Å². The zero-order valence-corrected chi connectivity index (χ0v) is 34.4. The van der Waals surface area contributed by atoms with Crippen molar-refractivity contribution in [2.24, 2.45) is 11.8 Å². The van der Waals surface area contributed by atoms with E-state index < -0.39 is 77.0 Å². The van der Waals surface area contributed by atoms with E-state index in [0.717, 1.165) is 18.8 Å². The molecule has 3 amide bonds. The summed E-state index contributed by atoms with van der Waals surface area (Å²) in [5.41, 5.74) is 1.48. The van der Waals surface area contributed by atoms with Crippen LogP contribution in [-0.4, -0.2) is 88.6 Å². The maximum atomic E-state index is 15.3. The number of halogens is 1. The van der Waals surface area contributed by atoms with E-state index in [-0.39, 0.29) is 25.3 Å². The van der Waals surface area contributed by atoms with Gasteiger partial charge in [-0.25, -0.2) is 0 Å². The molecule has 9 atom stereocenters. The Hall–Kier alpha value is -4.78. The summed E-state index contributed by atoms with van der Waals surface area (Å²) in [6.45, 7) is 14.9. The summed E-state index contributed by atoms with van der Waals surface area (Å²) in [5.74, 6) is -3.97. The van der Waals surface area contributed by atoms with Crippen LogP contribution in [0.4, 0.5) is 11.4 Å². The summed E-state index contributed by atoms with van der Waals surface area (Å²) in [4.78, 5) is 62.9. The molecule has 6 rings (SSSR count). The molecule has 3 aliphatic heterocycles. The van der Waals surface area contributed by atoms with Crippen molar-refractivity contribution in [2.45, 2.75) is 80.8 Å². The molecular weight excluding hydrogens is 788 g/mol. The third-order valence-corrected chi connectivity index (χ3v) is 12.4. The molecular formula is C45H53BrN4O7. The fraction of sp³-hybridized carbons (Fsp3) is 0.422. The van der Waals surface area contributed by atoms with Gasteiger partial charge in [0.05, 0.1) is 36.6 Å². The third-order valence-electron chi connectivity index (χ3n) is 11.6. The van der Waals surface area contributed by atoms with Gasteiger partial charge in [0.1, 0.15) is 17.7 Å². The van der Waals surface area contributed by atoms with Gasteiger partial charge in [-0.15, -0.1) is 13.2 Å². The Kier molecular flexibility index (Phi) is 13.4. The lowest BCUT2D eigenvalue weighted by Gasteiger charge is -2.39. The van der Waals surface area contributed by atoms with E-state index in [1.807, 2.05) is 72.8 Å². The van der Waals surface area contributed by atoms with Gasteiger partial charge in [0, 0.05) is 42.3 Å². The van der Waals surface area contributed by atoms with E-state index in [1.165, 1.54) is 4.90 Å². The number of aliphatic hydroxyl groups excluding tert-OH is 1. The Balaban J connectivity index is 1.41. The minimum absolute atomic E-state index is 0.139. The topological polar surface area (TPSA) is 129 Å². The van der Waals surface area contributed by atoms with E-state index in [9.17, 15) is 14.7 Å². The second kappa shape index (κ2) is 18.2. The van der Waals surface area contributed by atoms with E-state index in [1.54, 1.807) is 36.1 Å². The average Bonchev–Trinajstić information content (AvgIpc) is 3.82. The quantitative estimate of drug-likeness (QED) is 0.0870. The van der Waals surface area contributed by atoms with Crippen LogP contribution in [0.15, 0.2) is 110 Å². The highest BCUT2D eigenvalue weighted by Gasteiger charge is 2.78. The molecule has 3 heterocycles. The number of likely N-dealkylation sites (tertiary alicyclic amines) is 1. The molecule has 3 aromatic rings. The summed E-state index contributed by atoms with van der Waals surface area (Å²) in [7, 11) is 0. The molecule has 1 unspecified atom stereocenters. The molecule has 1 spiro atoms. The number of fused-ring (bicyclic) bond motifs is 1. The standard InChI is InChI=1S/C45H53BrN4O7/c1-6-10-21-36(52)47-29(5)39(31-19-15-12-16-20-31)56-44(55)37-38-42(53)50(35(28-51)30-17-13-11-14-18-30)41(45(38)27-34(46)40(37)57-45)43(54)49(26-7-2)33-24-22-32(23-25-33)48(8-3)9-4/h6-7,11-20,22-25,29,34-35,37-41,51H,1-2,8-10,21,26-28H2,3-5H3,(H,47,52)/t29-,34?,35+,37-,38+,39-,40-,41-,45+/m0/s1. The van der Waals surface area contributed by atoms with Crippen LogP contribution in [-0.2, 0) is 28.7 Å². The number of benzene rings is 3. The van der Waals surface area contributed by atoms with Crippen molar-refractivity contribution in [1.29, 1.82) is 0 Å². The van der Waals surface area contributed by atoms with E-state index in [4.69, 9.17) is 9.47 Å². The van der Waals surface area contributed by atoms with Crippen LogP contribution in [0.2, 0.25) is 0 Å². The fourth-order valence-electron chi connectivity index (χ4n) is 8.95. The van der Waals surface area contributed by atoms with Crippen LogP contribution < -0.4 is 15.1 Å². The molecule has 0 radical (unpaired) electrons. The van der Waals surface area contributed by atoms with Crippen LogP contribution in [0.25, 0.3) is 0 Å². The Morgan fingerprint density at radius 1 is 0.982 bits per heavy atom. The van der Waals surface area contributed by atoms with Gasteiger partial charge < -0.3 is 34.6 Å². The Bertz CT molecular complexity index is 1910. The molecule has 3 aliphatic rings. The number of alkyl halides is 1. The van der Waals surface area contributed by atoms with Crippen molar-refractivity contribution >= 4 is 51.0 Å². The van der Waals surface area contributed by atoms with Crippen molar-refractivity contribution < 1.29 is 33.8 Å². The van der Waals surface area contributed by atoms with Crippen LogP contribution in [0.1, 0.15) is 63.3 Å². The number of nitrogens with one attached hydrogen (secondary N) is 1. The first-order valence-electron chi connectivity index (χ1n) is 19.8. The summed E-state index contributed by atoms with van der Waals surface area (Å²) in [5, 5.41) is 14.0. The minimum atomic E-state index is -1.44. The van der Waals surface area contributed by atoms with Gasteiger partial charge in [0.2, 0.25) is 11.8 Å². The maximum Gasteiger partial charge on any atom is 0.313 e. The monoisotopic (exact) mass is 840 g/mol. The molecule has 12 heteroatoms. The van der Waals surface area contributed by atoms with Crippen molar-refractivity contribution in [1.82, 2.24) is 10.2 Å². The van der Waals surface area contributed by atoms with Gasteiger partial charge in [-0.2, -0.15) is 0 Å². The highest BCUT2D eigenvalue weighted by Crippen LogP contribution is 2.61. The van der Waals surface area contributed by atoms with E-state index in [0.29, 0.717) is 23.2 Å². The first-order valence-corrected chi connectivity index (χ1v) is 20.7. The second-order valence-electron chi connectivity index (χ2n) is 14.9. The maximum absolute atomic E-state index is 15.3. The van der Waals surface area contributed by atoms with Gasteiger partial charge in [0.15, 0.2) is 0 Å². The van der Waals surface area contributed by atoms with Crippen molar-refractivity contribution in [2.75, 3.05) is 36.0 Å². The highest BCUT2D eigenvalue weighted by molar-refractivity contribution is 9.09. The number of ether oxygens (including phenoxy) is 2. The number of amides is 3. The minimum Gasteiger partial charge on any atom is -0.455 e. The second-order valence-corrected chi connectivity index (χ2v) is 16.1. The number of allylic oxidation sites excluding steroid dienone is 1. The van der Waals surface area contributed by atoms with Crippen LogP contribution in [0, 0.1) is 11.8 Å². The number of hydrogen-bond donors (Lipinski definition) is 2. The summed E-state index contributed by atoms with van der Waals surface area (Å²) >= 11 is 3.77. The molecule has 302 valence electrons. The summed E-state index contributed by atoms with van der Waals surface area (Å²) in [6.07, 6.45) is 2.61. The van der Waals surface area contributed by atoms with Crippen molar-refractivity contribution in [3.8, 4) is 0 Å². The van der Waals surface area contributed by atoms with Crippen molar-refractivity contribution in [3.05, 3.63) is 121 Å². The number of anilines is 2. The molecule has 2 bridgehead atoms. The Labute approximate surface area is 343 Å². The predicted molar refractivity (Wildman–Crippen MR) is 224 cm³/mol. The molecule has 0 aromatic heterocycles. The molecule has 2 N–H and O–H groups in total. The predicted octanol–water partition coefficient (Wildman–Crippen LogP) is 6.29. The summed E-state index contributed by atoms with van der Waals surface area (Å²) in [6, 6.07) is 23.2. The van der Waals surface area contributed by atoms with E-state index in [2.05, 4.69) is 53.2 Å². The lowest BCUT2D eigenvalue weighted by Crippen LogP contribution is -2.57. The molecule has 57 heavy (non-hydrogen) atoms. The lowest BCUT2D eigenvalue weighted by atomic mass is 9.70. The number of carbonyl (C=O) groups excluding carboxylic acids is 4. The number of hydrogen-bond acceptors (Lipinski definition) is 8. The largest absolute Gasteiger partial charge is 0.455 e. The summed E-state index contributed by atoms with van der Waals surface area (Å²) < 4.78 is 13.2. The van der Waals surface area contributed by atoms with Gasteiger partial charge in [-0.05, 0) is 69.0 Å². The molecule has 11 nitrogen and oxygen atoms in total. The first-order chi connectivity index (χ1) is 27.5. The molecule has 3 saturated heterocycles. The van der Waals surface area contributed by atoms with Gasteiger partial charge >= 0.3 is 5.97 Å². The van der Waals surface area contributed by atoms with Gasteiger partial charge in [0.25, 0.3) is 5.91 Å².